The van der Waals surface area contributed by atoms with Crippen molar-refractivity contribution in [3.05, 3.63) is 94.5 Å². The highest BCUT2D eigenvalue weighted by Crippen LogP contribution is 2.42. The van der Waals surface area contributed by atoms with Gasteiger partial charge >= 0.3 is 0 Å². The number of carbonyl (C=O) groups excluding carboxylic acids is 1. The van der Waals surface area contributed by atoms with Gasteiger partial charge in [0.2, 0.25) is 0 Å². The van der Waals surface area contributed by atoms with E-state index in [0.29, 0.717) is 31.2 Å². The van der Waals surface area contributed by atoms with Gasteiger partial charge in [-0.2, -0.15) is 5.10 Å². The molecule has 1 heterocycles. The molecule has 0 saturated carbocycles. The fourth-order valence-corrected chi connectivity index (χ4v) is 4.49. The molecule has 0 atom stereocenters. The Morgan fingerprint density at radius 1 is 0.821 bits per heavy atom. The number of aromatic nitrogens is 2. The van der Waals surface area contributed by atoms with E-state index < -0.39 is 0 Å². The lowest BCUT2D eigenvalue weighted by atomic mass is 10.1. The number of carbonyl (C=O) groups is 1. The van der Waals surface area contributed by atoms with Crippen LogP contribution in [0.1, 0.15) is 10.4 Å². The SMILES string of the molecule is O=Cc1c(-c2ccccc2)nn(-c2ccccc2)c1Sc1c(Cl)cccc1Cl. The molecule has 0 aliphatic heterocycles. The van der Waals surface area contributed by atoms with Crippen LogP contribution in [0.25, 0.3) is 16.9 Å². The third-order valence-corrected chi connectivity index (χ3v) is 6.25. The number of halogens is 2. The lowest BCUT2D eigenvalue weighted by molar-refractivity contribution is 0.112. The van der Waals surface area contributed by atoms with Gasteiger partial charge in [0.05, 0.1) is 26.2 Å². The van der Waals surface area contributed by atoms with Crippen LogP contribution in [0.5, 0.6) is 0 Å². The minimum atomic E-state index is 0.496. The molecule has 3 aromatic carbocycles. The summed E-state index contributed by atoms with van der Waals surface area (Å²) in [6, 6.07) is 24.6. The number of hydrogen-bond donors (Lipinski definition) is 0. The highest BCUT2D eigenvalue weighted by molar-refractivity contribution is 7.99. The quantitative estimate of drug-likeness (QED) is 0.330. The monoisotopic (exact) mass is 424 g/mol. The molecule has 3 nitrogen and oxygen atoms in total. The fraction of sp³-hybridized carbons (Fsp3) is 0. The Morgan fingerprint density at radius 2 is 1.43 bits per heavy atom. The predicted octanol–water partition coefficient (Wildman–Crippen LogP) is 6.81. The van der Waals surface area contributed by atoms with Gasteiger partial charge < -0.3 is 0 Å². The summed E-state index contributed by atoms with van der Waals surface area (Å²) in [5.41, 5.74) is 2.83. The van der Waals surface area contributed by atoms with Gasteiger partial charge in [-0.3, -0.25) is 4.79 Å². The Hall–Kier alpha value is -2.53. The van der Waals surface area contributed by atoms with Crippen LogP contribution in [0, 0.1) is 0 Å². The van der Waals surface area contributed by atoms with E-state index >= 15 is 0 Å². The summed E-state index contributed by atoms with van der Waals surface area (Å²) in [6.45, 7) is 0. The lowest BCUT2D eigenvalue weighted by Crippen LogP contribution is -1.98. The zero-order chi connectivity index (χ0) is 19.5. The molecule has 0 saturated heterocycles. The van der Waals surface area contributed by atoms with Gasteiger partial charge in [0.25, 0.3) is 0 Å². The van der Waals surface area contributed by atoms with Gasteiger partial charge in [0.1, 0.15) is 10.7 Å². The number of para-hydroxylation sites is 1. The summed E-state index contributed by atoms with van der Waals surface area (Å²) in [5.74, 6) is 0. The average molecular weight is 425 g/mol. The first-order valence-corrected chi connectivity index (χ1v) is 10.1. The van der Waals surface area contributed by atoms with Crippen molar-refractivity contribution in [3.63, 3.8) is 0 Å². The van der Waals surface area contributed by atoms with Gasteiger partial charge in [0.15, 0.2) is 6.29 Å². The molecule has 0 amide bonds. The van der Waals surface area contributed by atoms with E-state index in [4.69, 9.17) is 28.3 Å². The molecule has 6 heteroatoms. The summed E-state index contributed by atoms with van der Waals surface area (Å²) in [6.07, 6.45) is 0.835. The van der Waals surface area contributed by atoms with Gasteiger partial charge in [-0.1, -0.05) is 89.6 Å². The van der Waals surface area contributed by atoms with E-state index in [2.05, 4.69) is 0 Å². The Kier molecular flexibility index (Phi) is 5.53. The molecule has 28 heavy (non-hydrogen) atoms. The van der Waals surface area contributed by atoms with Crippen LogP contribution in [-0.4, -0.2) is 16.1 Å². The first kappa shape index (κ1) is 18.8. The molecule has 4 aromatic rings. The van der Waals surface area contributed by atoms with Crippen LogP contribution in [-0.2, 0) is 0 Å². The second kappa shape index (κ2) is 8.23. The molecular weight excluding hydrogens is 411 g/mol. The lowest BCUT2D eigenvalue weighted by Gasteiger charge is -2.10. The smallest absolute Gasteiger partial charge is 0.155 e. The number of hydrogen-bond acceptors (Lipinski definition) is 3. The second-order valence-corrected chi connectivity index (χ2v) is 7.76. The molecule has 0 bridgehead atoms. The number of benzene rings is 3. The van der Waals surface area contributed by atoms with Crippen molar-refractivity contribution < 1.29 is 4.79 Å². The molecule has 0 radical (unpaired) electrons. The fourth-order valence-electron chi connectivity index (χ4n) is 2.85. The zero-order valence-corrected chi connectivity index (χ0v) is 16.9. The maximum absolute atomic E-state index is 12.1. The van der Waals surface area contributed by atoms with Crippen molar-refractivity contribution in [2.75, 3.05) is 0 Å². The minimum absolute atomic E-state index is 0.496. The number of rotatable bonds is 5. The molecule has 1 aromatic heterocycles. The predicted molar refractivity (Wildman–Crippen MR) is 115 cm³/mol. The minimum Gasteiger partial charge on any atom is -0.298 e. The van der Waals surface area contributed by atoms with Crippen LogP contribution in [0.3, 0.4) is 0 Å². The molecular formula is C22H14Cl2N2OS. The van der Waals surface area contributed by atoms with E-state index in [1.165, 1.54) is 11.8 Å². The highest BCUT2D eigenvalue weighted by Gasteiger charge is 2.22. The third-order valence-electron chi connectivity index (χ3n) is 4.16. The number of aldehydes is 1. The average Bonchev–Trinajstić information content (AvgIpc) is 3.10. The zero-order valence-electron chi connectivity index (χ0n) is 14.5. The molecule has 0 unspecified atom stereocenters. The van der Waals surface area contributed by atoms with E-state index in [-0.39, 0.29) is 0 Å². The maximum atomic E-state index is 12.1. The molecule has 138 valence electrons. The van der Waals surface area contributed by atoms with Crippen molar-refractivity contribution in [2.24, 2.45) is 0 Å². The molecule has 0 N–H and O–H groups in total. The normalized spacial score (nSPS) is 10.8. The van der Waals surface area contributed by atoms with Crippen LogP contribution in [0.2, 0.25) is 10.0 Å². The largest absolute Gasteiger partial charge is 0.298 e. The van der Waals surface area contributed by atoms with Gasteiger partial charge in [0, 0.05) is 5.56 Å². The van der Waals surface area contributed by atoms with Crippen LogP contribution >= 0.6 is 35.0 Å². The Balaban J connectivity index is 1.95. The summed E-state index contributed by atoms with van der Waals surface area (Å²) in [5, 5.41) is 6.47. The highest BCUT2D eigenvalue weighted by atomic mass is 35.5. The van der Waals surface area contributed by atoms with Gasteiger partial charge in [-0.05, 0) is 24.3 Å². The standard InChI is InChI=1S/C22H14Cl2N2OS/c23-18-12-7-13-19(24)21(18)28-22-17(14-27)20(15-8-3-1-4-9-15)25-26(22)16-10-5-2-6-11-16/h1-14H. The molecule has 0 aliphatic carbocycles. The van der Waals surface area contributed by atoms with Crippen LogP contribution in [0.4, 0.5) is 0 Å². The molecule has 4 rings (SSSR count). The number of nitrogens with zero attached hydrogens (tertiary/aromatic N) is 2. The molecule has 0 spiro atoms. The van der Waals surface area contributed by atoms with Crippen molar-refractivity contribution in [1.29, 1.82) is 0 Å². The Morgan fingerprint density at radius 3 is 2.04 bits per heavy atom. The Labute approximate surface area is 176 Å². The van der Waals surface area contributed by atoms with E-state index in [0.717, 1.165) is 17.5 Å². The summed E-state index contributed by atoms with van der Waals surface area (Å²) in [4.78, 5) is 12.8. The van der Waals surface area contributed by atoms with Gasteiger partial charge in [-0.15, -0.1) is 0 Å². The van der Waals surface area contributed by atoms with E-state index in [1.807, 2.05) is 60.7 Å². The third kappa shape index (κ3) is 3.59. The van der Waals surface area contributed by atoms with Crippen molar-refractivity contribution in [1.82, 2.24) is 9.78 Å². The van der Waals surface area contributed by atoms with E-state index in [1.54, 1.807) is 22.9 Å². The topological polar surface area (TPSA) is 34.9 Å². The van der Waals surface area contributed by atoms with Crippen molar-refractivity contribution in [3.8, 4) is 16.9 Å². The van der Waals surface area contributed by atoms with Crippen molar-refractivity contribution in [2.45, 2.75) is 9.92 Å². The first-order chi connectivity index (χ1) is 13.7. The summed E-state index contributed by atoms with van der Waals surface area (Å²) >= 11 is 14.1. The molecule has 0 aliphatic rings. The van der Waals surface area contributed by atoms with Gasteiger partial charge in [-0.25, -0.2) is 4.68 Å². The van der Waals surface area contributed by atoms with Crippen LogP contribution in [0.15, 0.2) is 88.8 Å². The summed E-state index contributed by atoms with van der Waals surface area (Å²) in [7, 11) is 0. The van der Waals surface area contributed by atoms with Crippen LogP contribution < -0.4 is 0 Å². The molecule has 0 fully saturated rings. The van der Waals surface area contributed by atoms with E-state index in [9.17, 15) is 4.79 Å². The first-order valence-electron chi connectivity index (χ1n) is 8.50. The summed E-state index contributed by atoms with van der Waals surface area (Å²) < 4.78 is 1.76. The van der Waals surface area contributed by atoms with Crippen molar-refractivity contribution >= 4 is 41.2 Å². The maximum Gasteiger partial charge on any atom is 0.155 e. The second-order valence-electron chi connectivity index (χ2n) is 5.95. The Bertz CT molecular complexity index is 1110.